The quantitative estimate of drug-likeness (QED) is 0.373. The van der Waals surface area contributed by atoms with E-state index in [9.17, 15) is 4.79 Å². The van der Waals surface area contributed by atoms with Crippen molar-refractivity contribution in [2.24, 2.45) is 10.9 Å². The molecular formula is C32H47N2OP. The van der Waals surface area contributed by atoms with Gasteiger partial charge in [0.05, 0.1) is 12.1 Å². The number of carbonyl (C=O) groups is 1. The molecule has 0 saturated heterocycles. The van der Waals surface area contributed by atoms with Crippen molar-refractivity contribution in [2.45, 2.75) is 145 Å². The number of nitrogens with zero attached hydrogens (tertiary/aromatic N) is 2. The van der Waals surface area contributed by atoms with Gasteiger partial charge in [-0.05, 0) is 68.0 Å². The lowest BCUT2D eigenvalue weighted by molar-refractivity contribution is -0.134. The Bertz CT molecular complexity index is 908. The lowest BCUT2D eigenvalue weighted by Crippen LogP contribution is -2.49. The first kappa shape index (κ1) is 25.1. The Kier molecular flexibility index (Phi) is 8.13. The Hall–Kier alpha value is -1.21. The van der Waals surface area contributed by atoms with Gasteiger partial charge in [-0.25, -0.2) is 0 Å². The number of fused-ring (bicyclic) bond motifs is 1. The Morgan fingerprint density at radius 2 is 1.25 bits per heavy atom. The molecule has 36 heavy (non-hydrogen) atoms. The van der Waals surface area contributed by atoms with E-state index in [1.54, 1.807) is 5.30 Å². The molecule has 0 unspecified atom stereocenters. The minimum Gasteiger partial charge on any atom is -0.291 e. The number of hydrogen-bond acceptors (Lipinski definition) is 2. The second-order valence-corrected chi connectivity index (χ2v) is 15.2. The third kappa shape index (κ3) is 5.08. The Balaban J connectivity index is 1.39. The Morgan fingerprint density at radius 3 is 1.92 bits per heavy atom. The van der Waals surface area contributed by atoms with E-state index >= 15 is 0 Å². The van der Waals surface area contributed by atoms with Crippen LogP contribution < -0.4 is 5.30 Å². The second kappa shape index (κ2) is 11.7. The summed E-state index contributed by atoms with van der Waals surface area (Å²) in [5.74, 6) is 1.71. The highest BCUT2D eigenvalue weighted by Gasteiger charge is 2.45. The molecule has 6 rings (SSSR count). The van der Waals surface area contributed by atoms with Crippen molar-refractivity contribution in [3.63, 3.8) is 0 Å². The van der Waals surface area contributed by atoms with E-state index in [-0.39, 0.29) is 13.8 Å². The highest BCUT2D eigenvalue weighted by atomic mass is 31.1. The van der Waals surface area contributed by atoms with Gasteiger partial charge in [-0.3, -0.25) is 14.7 Å². The van der Waals surface area contributed by atoms with Crippen molar-refractivity contribution < 1.29 is 4.79 Å². The van der Waals surface area contributed by atoms with E-state index in [0.29, 0.717) is 18.0 Å². The molecule has 196 valence electrons. The van der Waals surface area contributed by atoms with Gasteiger partial charge in [0.1, 0.15) is 5.84 Å². The van der Waals surface area contributed by atoms with Crippen LogP contribution in [0.3, 0.4) is 0 Å². The van der Waals surface area contributed by atoms with Crippen molar-refractivity contribution in [1.82, 2.24) is 4.90 Å². The second-order valence-electron chi connectivity index (χ2n) is 12.4. The molecule has 5 aliphatic rings. The molecule has 1 amide bonds. The summed E-state index contributed by atoms with van der Waals surface area (Å²) in [4.78, 5) is 21.9. The summed E-state index contributed by atoms with van der Waals surface area (Å²) >= 11 is 0. The Morgan fingerprint density at radius 1 is 0.694 bits per heavy atom. The summed E-state index contributed by atoms with van der Waals surface area (Å²) in [6, 6.07) is 9.97. The minimum atomic E-state index is -0.222. The standard InChI is InChI=1S/C32H47N2OP/c35-32(24-14-4-1-5-15-24)34-29-22-12-11-21-28(29)33-31(34)27-20-10-13-23-30(27)36(25-16-6-2-7-17-25)26-18-8-3-9-19-26/h10,13,20,23-26,28-29H,1-9,11-12,14-19,21-22H2/t28-,29-/m1/s1. The van der Waals surface area contributed by atoms with Gasteiger partial charge >= 0.3 is 0 Å². The first-order chi connectivity index (χ1) is 17.8. The first-order valence-corrected chi connectivity index (χ1v) is 17.1. The normalized spacial score (nSPS) is 28.8. The zero-order chi connectivity index (χ0) is 24.3. The number of benzene rings is 1. The molecular weight excluding hydrogens is 459 g/mol. The number of amidine groups is 1. The van der Waals surface area contributed by atoms with Crippen LogP contribution in [0.25, 0.3) is 0 Å². The monoisotopic (exact) mass is 506 g/mol. The average molecular weight is 507 g/mol. The topological polar surface area (TPSA) is 32.7 Å². The van der Waals surface area contributed by atoms with E-state index < -0.39 is 0 Å². The molecule has 2 atom stereocenters. The molecule has 0 radical (unpaired) electrons. The highest BCUT2D eigenvalue weighted by Crippen LogP contribution is 2.55. The molecule has 1 aliphatic heterocycles. The summed E-state index contributed by atoms with van der Waals surface area (Å²) < 4.78 is 0. The van der Waals surface area contributed by atoms with E-state index in [0.717, 1.165) is 42.8 Å². The van der Waals surface area contributed by atoms with Gasteiger partial charge in [-0.15, -0.1) is 0 Å². The van der Waals surface area contributed by atoms with Crippen LogP contribution in [0.15, 0.2) is 29.3 Å². The van der Waals surface area contributed by atoms with Crippen molar-refractivity contribution in [2.75, 3.05) is 0 Å². The van der Waals surface area contributed by atoms with Gasteiger partial charge in [0.15, 0.2) is 0 Å². The van der Waals surface area contributed by atoms with Crippen molar-refractivity contribution in [1.29, 1.82) is 0 Å². The molecule has 0 N–H and O–H groups in total. The van der Waals surface area contributed by atoms with E-state index in [4.69, 9.17) is 4.99 Å². The molecule has 1 heterocycles. The Labute approximate surface area is 220 Å². The molecule has 4 aliphatic carbocycles. The van der Waals surface area contributed by atoms with Crippen molar-refractivity contribution >= 4 is 25.0 Å². The molecule has 4 heteroatoms. The van der Waals surface area contributed by atoms with Gasteiger partial charge < -0.3 is 0 Å². The maximum absolute atomic E-state index is 14.2. The zero-order valence-electron chi connectivity index (χ0n) is 22.4. The molecule has 0 aromatic heterocycles. The minimum absolute atomic E-state index is 0.218. The lowest BCUT2D eigenvalue weighted by Gasteiger charge is -2.40. The predicted octanol–water partition coefficient (Wildman–Crippen LogP) is 7.94. The highest BCUT2D eigenvalue weighted by molar-refractivity contribution is 7.67. The number of amides is 1. The number of carbonyl (C=O) groups excluding carboxylic acids is 1. The molecule has 1 aromatic carbocycles. The predicted molar refractivity (Wildman–Crippen MR) is 153 cm³/mol. The van der Waals surface area contributed by atoms with Crippen LogP contribution in [0.4, 0.5) is 0 Å². The average Bonchev–Trinajstić information content (AvgIpc) is 3.34. The summed E-state index contributed by atoms with van der Waals surface area (Å²) in [5, 5.41) is 1.60. The summed E-state index contributed by atoms with van der Waals surface area (Å²) in [6.45, 7) is 0. The fourth-order valence-corrected chi connectivity index (χ4v) is 12.2. The number of hydrogen-bond donors (Lipinski definition) is 0. The summed E-state index contributed by atoms with van der Waals surface area (Å²) in [5.41, 5.74) is 3.08. The molecule has 4 fully saturated rings. The molecule has 0 spiro atoms. The SMILES string of the molecule is O=C(C1CCCCC1)N1C(c2ccccc2P(C2CCCCC2)C2CCCCC2)=N[C@@H]2CCCC[C@H]21. The van der Waals surface area contributed by atoms with Crippen molar-refractivity contribution in [3.05, 3.63) is 29.8 Å². The lowest BCUT2D eigenvalue weighted by atomic mass is 9.86. The van der Waals surface area contributed by atoms with Gasteiger partial charge in [0.25, 0.3) is 0 Å². The summed E-state index contributed by atoms with van der Waals surface area (Å²) in [6.07, 6.45) is 24.9. The van der Waals surface area contributed by atoms with Gasteiger partial charge in [-0.1, -0.05) is 103 Å². The molecule has 1 aromatic rings. The third-order valence-corrected chi connectivity index (χ3v) is 13.6. The van der Waals surface area contributed by atoms with E-state index in [1.807, 2.05) is 0 Å². The van der Waals surface area contributed by atoms with Crippen LogP contribution >= 0.6 is 7.92 Å². The van der Waals surface area contributed by atoms with E-state index in [1.165, 1.54) is 102 Å². The van der Waals surface area contributed by atoms with Crippen LogP contribution in [0, 0.1) is 5.92 Å². The van der Waals surface area contributed by atoms with Gasteiger partial charge in [-0.2, -0.15) is 0 Å². The van der Waals surface area contributed by atoms with Gasteiger partial charge in [0, 0.05) is 11.5 Å². The van der Waals surface area contributed by atoms with E-state index in [2.05, 4.69) is 29.2 Å². The van der Waals surface area contributed by atoms with Crippen LogP contribution in [-0.2, 0) is 4.79 Å². The van der Waals surface area contributed by atoms with Crippen LogP contribution in [0.2, 0.25) is 0 Å². The zero-order valence-corrected chi connectivity index (χ0v) is 23.3. The smallest absolute Gasteiger partial charge is 0.231 e. The largest absolute Gasteiger partial charge is 0.291 e. The molecule has 3 nitrogen and oxygen atoms in total. The van der Waals surface area contributed by atoms with Gasteiger partial charge in [0.2, 0.25) is 5.91 Å². The van der Waals surface area contributed by atoms with Crippen LogP contribution in [0.1, 0.15) is 128 Å². The van der Waals surface area contributed by atoms with Crippen LogP contribution in [-0.4, -0.2) is 40.0 Å². The van der Waals surface area contributed by atoms with Crippen LogP contribution in [0.5, 0.6) is 0 Å². The summed E-state index contributed by atoms with van der Waals surface area (Å²) in [7, 11) is -0.222. The fourth-order valence-electron chi connectivity index (χ4n) is 8.23. The third-order valence-electron chi connectivity index (χ3n) is 10.1. The molecule has 0 bridgehead atoms. The maximum Gasteiger partial charge on any atom is 0.231 e. The first-order valence-electron chi connectivity index (χ1n) is 15.6. The fraction of sp³-hybridized carbons (Fsp3) is 0.750. The number of rotatable bonds is 5. The number of aliphatic imine (C=N–C) groups is 1. The van der Waals surface area contributed by atoms with Crippen molar-refractivity contribution in [3.8, 4) is 0 Å². The maximum atomic E-state index is 14.2. The molecule has 4 saturated carbocycles.